The van der Waals surface area contributed by atoms with E-state index >= 15 is 0 Å². The number of nitrogens with two attached hydrogens (primary N) is 2. The Balaban J connectivity index is 1.57. The molecule has 1 fully saturated rings. The SMILES string of the molecule is Cc1cc(-c2c(N)nc(-n3nc(CCC4CCCC4)c4cc(Cl)ccc43)nc2N)ccn1. The number of nitrogen functional groups attached to an aromatic ring is 2. The van der Waals surface area contributed by atoms with E-state index in [0.717, 1.165) is 46.6 Å². The van der Waals surface area contributed by atoms with Gasteiger partial charge in [-0.15, -0.1) is 0 Å². The molecule has 0 unspecified atom stereocenters. The molecule has 1 aromatic carbocycles. The van der Waals surface area contributed by atoms with E-state index < -0.39 is 0 Å². The summed E-state index contributed by atoms with van der Waals surface area (Å²) in [6.45, 7) is 1.92. The lowest BCUT2D eigenvalue weighted by molar-refractivity contribution is 0.500. The summed E-state index contributed by atoms with van der Waals surface area (Å²) in [5.41, 5.74) is 16.9. The van der Waals surface area contributed by atoms with Gasteiger partial charge in [-0.05, 0) is 61.6 Å². The zero-order chi connectivity index (χ0) is 22.2. The molecule has 8 heteroatoms. The molecule has 0 amide bonds. The normalized spacial score (nSPS) is 14.4. The van der Waals surface area contributed by atoms with Crippen LogP contribution in [-0.4, -0.2) is 24.7 Å². The van der Waals surface area contributed by atoms with Crippen LogP contribution in [0.2, 0.25) is 5.02 Å². The van der Waals surface area contributed by atoms with Gasteiger partial charge in [-0.2, -0.15) is 19.7 Å². The average Bonchev–Trinajstić information content (AvgIpc) is 3.39. The minimum absolute atomic E-state index is 0.309. The van der Waals surface area contributed by atoms with E-state index in [-0.39, 0.29) is 0 Å². The quantitative estimate of drug-likeness (QED) is 0.439. The summed E-state index contributed by atoms with van der Waals surface area (Å²) >= 11 is 6.31. The number of aromatic nitrogens is 5. The molecule has 1 aliphatic rings. The number of aryl methyl sites for hydroxylation is 2. The molecule has 0 saturated heterocycles. The molecule has 7 nitrogen and oxygen atoms in total. The Kier molecular flexibility index (Phi) is 5.43. The minimum atomic E-state index is 0.309. The largest absolute Gasteiger partial charge is 0.383 e. The summed E-state index contributed by atoms with van der Waals surface area (Å²) in [6, 6.07) is 9.52. The monoisotopic (exact) mass is 447 g/mol. The van der Waals surface area contributed by atoms with Gasteiger partial charge in [0.25, 0.3) is 5.95 Å². The number of anilines is 2. The van der Waals surface area contributed by atoms with Gasteiger partial charge in [-0.3, -0.25) is 4.98 Å². The number of hydrogen-bond acceptors (Lipinski definition) is 6. The van der Waals surface area contributed by atoms with Crippen molar-refractivity contribution in [3.05, 3.63) is 52.9 Å². The van der Waals surface area contributed by atoms with Crippen LogP contribution in [0.3, 0.4) is 0 Å². The number of benzene rings is 1. The first kappa shape index (κ1) is 20.7. The van der Waals surface area contributed by atoms with Crippen LogP contribution < -0.4 is 11.5 Å². The van der Waals surface area contributed by atoms with Gasteiger partial charge in [0.1, 0.15) is 11.6 Å². The van der Waals surface area contributed by atoms with Gasteiger partial charge in [-0.1, -0.05) is 37.3 Å². The number of rotatable bonds is 5. The van der Waals surface area contributed by atoms with Crippen molar-refractivity contribution in [3.63, 3.8) is 0 Å². The van der Waals surface area contributed by atoms with Crippen molar-refractivity contribution >= 4 is 34.1 Å². The van der Waals surface area contributed by atoms with Gasteiger partial charge in [0.15, 0.2) is 0 Å². The first-order chi connectivity index (χ1) is 15.5. The lowest BCUT2D eigenvalue weighted by Crippen LogP contribution is -2.10. The van der Waals surface area contributed by atoms with E-state index in [4.69, 9.17) is 28.2 Å². The third-order valence-electron chi connectivity index (χ3n) is 6.31. The molecule has 4 N–H and O–H groups in total. The zero-order valence-electron chi connectivity index (χ0n) is 18.1. The Bertz CT molecular complexity index is 1270. The van der Waals surface area contributed by atoms with Crippen LogP contribution in [0.15, 0.2) is 36.5 Å². The van der Waals surface area contributed by atoms with Crippen molar-refractivity contribution < 1.29 is 0 Å². The number of halogens is 1. The third kappa shape index (κ3) is 3.88. The fraction of sp³-hybridized carbons (Fsp3) is 0.333. The van der Waals surface area contributed by atoms with Crippen LogP contribution in [0.25, 0.3) is 28.0 Å². The third-order valence-corrected chi connectivity index (χ3v) is 6.55. The number of fused-ring (bicyclic) bond motifs is 1. The number of pyridine rings is 1. The predicted octanol–water partition coefficient (Wildman–Crippen LogP) is 5.13. The van der Waals surface area contributed by atoms with Gasteiger partial charge < -0.3 is 11.5 Å². The van der Waals surface area contributed by atoms with Crippen LogP contribution in [0.1, 0.15) is 43.5 Å². The van der Waals surface area contributed by atoms with Crippen molar-refractivity contribution in [1.29, 1.82) is 0 Å². The minimum Gasteiger partial charge on any atom is -0.383 e. The molecular formula is C24H26ClN7. The van der Waals surface area contributed by atoms with Gasteiger partial charge >= 0.3 is 0 Å². The summed E-state index contributed by atoms with van der Waals surface area (Å²) in [5.74, 6) is 1.75. The number of nitrogens with zero attached hydrogens (tertiary/aromatic N) is 5. The fourth-order valence-electron chi connectivity index (χ4n) is 4.70. The average molecular weight is 448 g/mol. The topological polar surface area (TPSA) is 109 Å². The second-order valence-corrected chi connectivity index (χ2v) is 9.00. The van der Waals surface area contributed by atoms with Crippen LogP contribution in [0.5, 0.6) is 0 Å². The Labute approximate surface area is 191 Å². The van der Waals surface area contributed by atoms with Crippen LogP contribution in [0, 0.1) is 12.8 Å². The standard InChI is InChI=1S/C24H26ClN7/c1-14-12-16(10-11-28-14)21-22(26)29-24(30-23(21)27)32-20-9-7-17(25)13-18(20)19(31-32)8-6-15-4-2-3-5-15/h7,9-13,15H,2-6,8H2,1H3,(H4,26,27,29,30). The van der Waals surface area contributed by atoms with E-state index in [1.54, 1.807) is 10.9 Å². The maximum Gasteiger partial charge on any atom is 0.255 e. The molecule has 0 radical (unpaired) electrons. The summed E-state index contributed by atoms with van der Waals surface area (Å²) in [6.07, 6.45) is 9.04. The number of hydrogen-bond donors (Lipinski definition) is 2. The molecule has 0 spiro atoms. The van der Waals surface area contributed by atoms with Crippen LogP contribution in [0.4, 0.5) is 11.6 Å². The molecule has 0 bridgehead atoms. The van der Waals surface area contributed by atoms with Gasteiger partial charge in [0.2, 0.25) is 0 Å². The van der Waals surface area contributed by atoms with Crippen molar-refractivity contribution in [2.24, 2.45) is 5.92 Å². The highest BCUT2D eigenvalue weighted by Gasteiger charge is 2.20. The summed E-state index contributed by atoms with van der Waals surface area (Å²) in [7, 11) is 0. The summed E-state index contributed by atoms with van der Waals surface area (Å²) in [4.78, 5) is 13.4. The Hall–Kier alpha value is -3.19. The second kappa shape index (κ2) is 8.39. The van der Waals surface area contributed by atoms with Gasteiger partial charge in [-0.25, -0.2) is 0 Å². The molecular weight excluding hydrogens is 422 g/mol. The molecule has 4 aromatic rings. The molecule has 1 aliphatic carbocycles. The highest BCUT2D eigenvalue weighted by molar-refractivity contribution is 6.31. The molecule has 0 atom stereocenters. The first-order valence-electron chi connectivity index (χ1n) is 11.0. The molecule has 3 aromatic heterocycles. The van der Waals surface area contributed by atoms with E-state index in [1.165, 1.54) is 25.7 Å². The Morgan fingerprint density at radius 1 is 1.06 bits per heavy atom. The lowest BCUT2D eigenvalue weighted by atomic mass is 9.99. The molecule has 0 aliphatic heterocycles. The van der Waals surface area contributed by atoms with Gasteiger partial charge in [0.05, 0.1) is 16.8 Å². The van der Waals surface area contributed by atoms with E-state index in [0.29, 0.717) is 28.2 Å². The van der Waals surface area contributed by atoms with Crippen molar-refractivity contribution in [2.45, 2.75) is 45.4 Å². The molecule has 3 heterocycles. The van der Waals surface area contributed by atoms with Crippen LogP contribution in [-0.2, 0) is 6.42 Å². The fourth-order valence-corrected chi connectivity index (χ4v) is 4.88. The molecule has 32 heavy (non-hydrogen) atoms. The molecule has 5 rings (SSSR count). The van der Waals surface area contributed by atoms with Crippen molar-refractivity contribution in [2.75, 3.05) is 11.5 Å². The zero-order valence-corrected chi connectivity index (χ0v) is 18.8. The molecule has 164 valence electrons. The van der Waals surface area contributed by atoms with Crippen LogP contribution >= 0.6 is 11.6 Å². The summed E-state index contributed by atoms with van der Waals surface area (Å²) in [5, 5.41) is 6.57. The predicted molar refractivity (Wildman–Crippen MR) is 129 cm³/mol. The highest BCUT2D eigenvalue weighted by Crippen LogP contribution is 2.33. The smallest absolute Gasteiger partial charge is 0.255 e. The molecule has 1 saturated carbocycles. The Morgan fingerprint density at radius 3 is 2.53 bits per heavy atom. The van der Waals surface area contributed by atoms with Gasteiger partial charge in [0, 0.05) is 22.3 Å². The van der Waals surface area contributed by atoms with E-state index in [1.807, 2.05) is 37.3 Å². The maximum absolute atomic E-state index is 6.34. The summed E-state index contributed by atoms with van der Waals surface area (Å²) < 4.78 is 1.73. The van der Waals surface area contributed by atoms with Crippen molar-refractivity contribution in [1.82, 2.24) is 24.7 Å². The first-order valence-corrected chi connectivity index (χ1v) is 11.4. The lowest BCUT2D eigenvalue weighted by Gasteiger charge is -2.11. The second-order valence-electron chi connectivity index (χ2n) is 8.56. The Morgan fingerprint density at radius 2 is 1.81 bits per heavy atom. The highest BCUT2D eigenvalue weighted by atomic mass is 35.5. The van der Waals surface area contributed by atoms with Crippen molar-refractivity contribution in [3.8, 4) is 17.1 Å². The van der Waals surface area contributed by atoms with E-state index in [9.17, 15) is 0 Å². The maximum atomic E-state index is 6.34. The van der Waals surface area contributed by atoms with E-state index in [2.05, 4.69) is 15.0 Å².